The fraction of sp³-hybridized carbons (Fsp3) is 0.480. The van der Waals surface area contributed by atoms with E-state index in [1.54, 1.807) is 24.3 Å². The average molecular weight is 487 g/mol. The first-order valence-corrected chi connectivity index (χ1v) is 13.5. The third-order valence-electron chi connectivity index (χ3n) is 6.45. The van der Waals surface area contributed by atoms with Crippen molar-refractivity contribution < 1.29 is 17.9 Å². The SMILES string of the molecule is CCOc1ccc(S(=O)(=O)Nc2ccc(N3CCNCC3)c(C(=O)N3CCC(C)CC3)c2)cc1. The number of hydrogen-bond donors (Lipinski definition) is 2. The molecule has 0 radical (unpaired) electrons. The van der Waals surface area contributed by atoms with Crippen molar-refractivity contribution in [2.24, 2.45) is 5.92 Å². The number of amides is 1. The third-order valence-corrected chi connectivity index (χ3v) is 7.85. The lowest BCUT2D eigenvalue weighted by molar-refractivity contribution is 0.0698. The van der Waals surface area contributed by atoms with Crippen molar-refractivity contribution in [3.05, 3.63) is 48.0 Å². The highest BCUT2D eigenvalue weighted by Crippen LogP contribution is 2.29. The third kappa shape index (κ3) is 5.64. The maximum absolute atomic E-state index is 13.5. The first-order valence-electron chi connectivity index (χ1n) is 12.0. The van der Waals surface area contributed by atoms with Gasteiger partial charge in [-0.05, 0) is 68.1 Å². The van der Waals surface area contributed by atoms with Crippen LogP contribution in [0.1, 0.15) is 37.0 Å². The molecule has 34 heavy (non-hydrogen) atoms. The zero-order valence-electron chi connectivity index (χ0n) is 19.9. The number of anilines is 2. The number of piperazine rings is 1. The number of piperidine rings is 1. The summed E-state index contributed by atoms with van der Waals surface area (Å²) in [4.78, 5) is 17.8. The van der Waals surface area contributed by atoms with Crippen molar-refractivity contribution in [1.29, 1.82) is 0 Å². The van der Waals surface area contributed by atoms with E-state index in [2.05, 4.69) is 21.9 Å². The van der Waals surface area contributed by atoms with E-state index in [0.29, 0.717) is 29.5 Å². The molecule has 8 nitrogen and oxygen atoms in total. The van der Waals surface area contributed by atoms with Crippen LogP contribution in [-0.2, 0) is 10.0 Å². The Morgan fingerprint density at radius 3 is 2.38 bits per heavy atom. The van der Waals surface area contributed by atoms with E-state index >= 15 is 0 Å². The number of ether oxygens (including phenoxy) is 1. The molecule has 0 atom stereocenters. The van der Waals surface area contributed by atoms with Crippen LogP contribution in [0.2, 0.25) is 0 Å². The summed E-state index contributed by atoms with van der Waals surface area (Å²) in [6.07, 6.45) is 1.97. The summed E-state index contributed by atoms with van der Waals surface area (Å²) in [7, 11) is -3.81. The molecule has 2 saturated heterocycles. The molecule has 4 rings (SSSR count). The lowest BCUT2D eigenvalue weighted by Crippen LogP contribution is -2.45. The van der Waals surface area contributed by atoms with E-state index in [1.807, 2.05) is 17.9 Å². The van der Waals surface area contributed by atoms with Gasteiger partial charge in [0.2, 0.25) is 0 Å². The van der Waals surface area contributed by atoms with Crippen LogP contribution in [0.15, 0.2) is 47.4 Å². The normalized spacial score (nSPS) is 17.5. The monoisotopic (exact) mass is 486 g/mol. The van der Waals surface area contributed by atoms with Gasteiger partial charge < -0.3 is 19.9 Å². The molecule has 0 aromatic heterocycles. The van der Waals surface area contributed by atoms with Gasteiger partial charge in [-0.1, -0.05) is 6.92 Å². The molecule has 0 unspecified atom stereocenters. The van der Waals surface area contributed by atoms with Gasteiger partial charge in [-0.3, -0.25) is 9.52 Å². The summed E-state index contributed by atoms with van der Waals surface area (Å²) in [6, 6.07) is 11.6. The minimum atomic E-state index is -3.81. The second-order valence-corrected chi connectivity index (χ2v) is 10.6. The van der Waals surface area contributed by atoms with Crippen molar-refractivity contribution in [3.63, 3.8) is 0 Å². The fourth-order valence-corrected chi connectivity index (χ4v) is 5.48. The molecule has 2 aliphatic rings. The maximum Gasteiger partial charge on any atom is 0.261 e. The number of benzene rings is 2. The molecular formula is C25H34N4O4S. The van der Waals surface area contributed by atoms with Gasteiger partial charge in [0.1, 0.15) is 5.75 Å². The van der Waals surface area contributed by atoms with Crippen LogP contribution in [0, 0.1) is 5.92 Å². The van der Waals surface area contributed by atoms with Crippen LogP contribution >= 0.6 is 0 Å². The second kappa shape index (κ2) is 10.7. The van der Waals surface area contributed by atoms with E-state index in [-0.39, 0.29) is 10.8 Å². The molecular weight excluding hydrogens is 452 g/mol. The Labute approximate surface area is 202 Å². The summed E-state index contributed by atoms with van der Waals surface area (Å²) in [5.41, 5.74) is 1.78. The zero-order chi connectivity index (χ0) is 24.1. The molecule has 2 heterocycles. The molecule has 9 heteroatoms. The number of sulfonamides is 1. The summed E-state index contributed by atoms with van der Waals surface area (Å²) in [5.74, 6) is 1.19. The smallest absolute Gasteiger partial charge is 0.261 e. The molecule has 1 amide bonds. The predicted octanol–water partition coefficient (Wildman–Crippen LogP) is 3.17. The van der Waals surface area contributed by atoms with Gasteiger partial charge >= 0.3 is 0 Å². The Balaban J connectivity index is 1.61. The van der Waals surface area contributed by atoms with Gasteiger partial charge in [0, 0.05) is 50.6 Å². The molecule has 0 aliphatic carbocycles. The van der Waals surface area contributed by atoms with Crippen LogP contribution in [0.5, 0.6) is 5.75 Å². The number of nitrogens with one attached hydrogen (secondary N) is 2. The summed E-state index contributed by atoms with van der Waals surface area (Å²) in [5, 5.41) is 3.34. The average Bonchev–Trinajstić information content (AvgIpc) is 2.85. The van der Waals surface area contributed by atoms with Crippen molar-refractivity contribution in [2.45, 2.75) is 31.6 Å². The number of carbonyl (C=O) groups is 1. The first kappa shape index (κ1) is 24.3. The fourth-order valence-electron chi connectivity index (χ4n) is 4.43. The van der Waals surface area contributed by atoms with E-state index < -0.39 is 10.0 Å². The molecule has 0 bridgehead atoms. The summed E-state index contributed by atoms with van der Waals surface area (Å²) in [6.45, 7) is 9.35. The zero-order valence-corrected chi connectivity index (χ0v) is 20.7. The Hall–Kier alpha value is -2.78. The largest absolute Gasteiger partial charge is 0.494 e. The van der Waals surface area contributed by atoms with E-state index in [9.17, 15) is 13.2 Å². The number of hydrogen-bond acceptors (Lipinski definition) is 6. The van der Waals surface area contributed by atoms with Crippen LogP contribution in [-0.4, -0.2) is 65.1 Å². The second-order valence-electron chi connectivity index (χ2n) is 8.95. The molecule has 184 valence electrons. The topological polar surface area (TPSA) is 91.0 Å². The number of rotatable bonds is 7. The Morgan fingerprint density at radius 1 is 1.06 bits per heavy atom. The van der Waals surface area contributed by atoms with Gasteiger partial charge in [0.05, 0.1) is 17.1 Å². The lowest BCUT2D eigenvalue weighted by Gasteiger charge is -2.34. The van der Waals surface area contributed by atoms with Crippen LogP contribution in [0.4, 0.5) is 11.4 Å². The van der Waals surface area contributed by atoms with Crippen molar-refractivity contribution in [3.8, 4) is 5.75 Å². The highest BCUT2D eigenvalue weighted by atomic mass is 32.2. The maximum atomic E-state index is 13.5. The van der Waals surface area contributed by atoms with Crippen LogP contribution < -0.4 is 19.7 Å². The van der Waals surface area contributed by atoms with Crippen molar-refractivity contribution >= 4 is 27.3 Å². The standard InChI is InChI=1S/C25H34N4O4S/c1-3-33-21-5-7-22(8-6-21)34(31,32)27-20-4-9-24(28-16-12-26-13-17-28)23(18-20)25(30)29-14-10-19(2)11-15-29/h4-9,18-19,26-27H,3,10-17H2,1-2H3. The molecule has 2 N–H and O–H groups in total. The molecule has 2 aromatic rings. The number of nitrogens with zero attached hydrogens (tertiary/aromatic N) is 2. The summed E-state index contributed by atoms with van der Waals surface area (Å²) < 4.78 is 34.1. The minimum Gasteiger partial charge on any atom is -0.494 e. The van der Waals surface area contributed by atoms with Gasteiger partial charge in [-0.2, -0.15) is 0 Å². The van der Waals surface area contributed by atoms with Gasteiger partial charge in [-0.25, -0.2) is 8.42 Å². The molecule has 0 spiro atoms. The van der Waals surface area contributed by atoms with Gasteiger partial charge in [0.25, 0.3) is 15.9 Å². The predicted molar refractivity (Wildman–Crippen MR) is 134 cm³/mol. The highest BCUT2D eigenvalue weighted by molar-refractivity contribution is 7.92. The van der Waals surface area contributed by atoms with Gasteiger partial charge in [-0.15, -0.1) is 0 Å². The molecule has 2 aromatic carbocycles. The van der Waals surface area contributed by atoms with Crippen molar-refractivity contribution in [2.75, 3.05) is 55.5 Å². The minimum absolute atomic E-state index is 0.0393. The molecule has 2 aliphatic heterocycles. The summed E-state index contributed by atoms with van der Waals surface area (Å²) >= 11 is 0. The Kier molecular flexibility index (Phi) is 7.63. The van der Waals surface area contributed by atoms with E-state index in [0.717, 1.165) is 57.8 Å². The number of carbonyl (C=O) groups excluding carboxylic acids is 1. The van der Waals surface area contributed by atoms with Crippen LogP contribution in [0.3, 0.4) is 0 Å². The lowest BCUT2D eigenvalue weighted by atomic mass is 9.98. The van der Waals surface area contributed by atoms with Crippen LogP contribution in [0.25, 0.3) is 0 Å². The van der Waals surface area contributed by atoms with E-state index in [4.69, 9.17) is 4.74 Å². The molecule has 0 saturated carbocycles. The molecule has 2 fully saturated rings. The van der Waals surface area contributed by atoms with Crippen molar-refractivity contribution in [1.82, 2.24) is 10.2 Å². The quantitative estimate of drug-likeness (QED) is 0.625. The first-order chi connectivity index (χ1) is 16.4. The Bertz CT molecular complexity index is 1090. The number of likely N-dealkylation sites (tertiary alicyclic amines) is 1. The Morgan fingerprint density at radius 2 is 1.74 bits per heavy atom. The van der Waals surface area contributed by atoms with Gasteiger partial charge in [0.15, 0.2) is 0 Å². The highest BCUT2D eigenvalue weighted by Gasteiger charge is 2.26. The van der Waals surface area contributed by atoms with E-state index in [1.165, 1.54) is 12.1 Å².